The molecule has 0 atom stereocenters. The average molecular weight is 362 g/mol. The van der Waals surface area contributed by atoms with Crippen LogP contribution in [0.3, 0.4) is 0 Å². The Hall–Kier alpha value is -1.72. The number of benzene rings is 2. The average Bonchev–Trinajstić information content (AvgIpc) is 2.62. The monoisotopic (exact) mass is 362 g/mol. The minimum Gasteiger partial charge on any atom is -0.266 e. The zero-order chi connectivity index (χ0) is 17.9. The first-order chi connectivity index (χ1) is 11.9. The van der Waals surface area contributed by atoms with Crippen molar-refractivity contribution in [1.82, 2.24) is 0 Å². The van der Waals surface area contributed by atoms with E-state index in [2.05, 4.69) is 0 Å². The summed E-state index contributed by atoms with van der Waals surface area (Å²) in [5, 5.41) is 0. The molecule has 134 valence electrons. The highest BCUT2D eigenvalue weighted by Gasteiger charge is 2.25. The molecular weight excluding hydrogens is 339 g/mol. The van der Waals surface area contributed by atoms with Crippen molar-refractivity contribution in [1.29, 1.82) is 0 Å². The molecule has 0 N–H and O–H groups in total. The summed E-state index contributed by atoms with van der Waals surface area (Å²) in [4.78, 5) is 0.207. The van der Waals surface area contributed by atoms with E-state index in [9.17, 15) is 12.8 Å². The quantitative estimate of drug-likeness (QED) is 0.717. The van der Waals surface area contributed by atoms with Gasteiger partial charge < -0.3 is 0 Å². The SMILES string of the molecule is Cc1ccc(S(=O)(=O)OCC2CCC(c3ccc(F)cc3)CC2)cc1. The molecule has 0 aliphatic heterocycles. The normalized spacial score (nSPS) is 21.2. The molecule has 0 radical (unpaired) electrons. The van der Waals surface area contributed by atoms with Gasteiger partial charge in [-0.15, -0.1) is 0 Å². The maximum absolute atomic E-state index is 13.0. The van der Waals surface area contributed by atoms with Gasteiger partial charge in [0.25, 0.3) is 10.1 Å². The minimum atomic E-state index is -3.69. The molecule has 1 aliphatic rings. The fourth-order valence-corrected chi connectivity index (χ4v) is 4.33. The van der Waals surface area contributed by atoms with Crippen LogP contribution in [0.15, 0.2) is 53.4 Å². The highest BCUT2D eigenvalue weighted by Crippen LogP contribution is 2.36. The Labute approximate surface area is 149 Å². The van der Waals surface area contributed by atoms with Crippen molar-refractivity contribution < 1.29 is 17.0 Å². The van der Waals surface area contributed by atoms with E-state index >= 15 is 0 Å². The molecule has 0 aromatic heterocycles. The van der Waals surface area contributed by atoms with Crippen molar-refractivity contribution >= 4 is 10.1 Å². The molecule has 3 nitrogen and oxygen atoms in total. The van der Waals surface area contributed by atoms with E-state index in [0.29, 0.717) is 5.92 Å². The summed E-state index contributed by atoms with van der Waals surface area (Å²) in [6.45, 7) is 2.14. The van der Waals surface area contributed by atoms with Crippen molar-refractivity contribution in [3.63, 3.8) is 0 Å². The molecule has 2 aromatic rings. The molecule has 0 heterocycles. The van der Waals surface area contributed by atoms with Gasteiger partial charge in [-0.3, -0.25) is 4.18 Å². The third kappa shape index (κ3) is 4.67. The largest absolute Gasteiger partial charge is 0.296 e. The third-order valence-electron chi connectivity index (χ3n) is 4.96. The van der Waals surface area contributed by atoms with E-state index in [4.69, 9.17) is 4.18 Å². The van der Waals surface area contributed by atoms with Crippen LogP contribution in [0.1, 0.15) is 42.7 Å². The molecule has 0 amide bonds. The summed E-state index contributed by atoms with van der Waals surface area (Å²) in [6, 6.07) is 13.4. The van der Waals surface area contributed by atoms with Crippen LogP contribution >= 0.6 is 0 Å². The van der Waals surface area contributed by atoms with Crippen LogP contribution in [0, 0.1) is 18.7 Å². The van der Waals surface area contributed by atoms with Crippen LogP contribution in [0.25, 0.3) is 0 Å². The second-order valence-electron chi connectivity index (χ2n) is 6.82. The first kappa shape index (κ1) is 18.1. The molecule has 3 rings (SSSR count). The van der Waals surface area contributed by atoms with Crippen molar-refractivity contribution in [2.24, 2.45) is 5.92 Å². The summed E-state index contributed by atoms with van der Waals surface area (Å²) in [7, 11) is -3.69. The summed E-state index contributed by atoms with van der Waals surface area (Å²) in [5.41, 5.74) is 2.17. The zero-order valence-electron chi connectivity index (χ0n) is 14.3. The molecular formula is C20H23FO3S. The number of halogens is 1. The van der Waals surface area contributed by atoms with Crippen molar-refractivity contribution in [3.05, 3.63) is 65.5 Å². The van der Waals surface area contributed by atoms with Gasteiger partial charge in [-0.05, 0) is 74.3 Å². The molecule has 25 heavy (non-hydrogen) atoms. The molecule has 1 saturated carbocycles. The Bertz CT molecular complexity index is 790. The predicted molar refractivity (Wildman–Crippen MR) is 95.4 cm³/mol. The molecule has 1 aliphatic carbocycles. The minimum absolute atomic E-state index is 0.207. The maximum Gasteiger partial charge on any atom is 0.296 e. The van der Waals surface area contributed by atoms with Crippen molar-refractivity contribution in [2.45, 2.75) is 43.4 Å². The highest BCUT2D eigenvalue weighted by atomic mass is 32.2. The van der Waals surface area contributed by atoms with E-state index in [0.717, 1.165) is 36.8 Å². The second-order valence-corrected chi connectivity index (χ2v) is 8.44. The first-order valence-electron chi connectivity index (χ1n) is 8.65. The lowest BCUT2D eigenvalue weighted by Crippen LogP contribution is -2.20. The van der Waals surface area contributed by atoms with Gasteiger partial charge in [-0.2, -0.15) is 8.42 Å². The summed E-state index contributed by atoms with van der Waals surface area (Å²) < 4.78 is 42.8. The predicted octanol–water partition coefficient (Wildman–Crippen LogP) is 4.81. The van der Waals surface area contributed by atoms with Crippen LogP contribution in [-0.4, -0.2) is 15.0 Å². The number of rotatable bonds is 5. The molecule has 0 saturated heterocycles. The van der Waals surface area contributed by atoms with Gasteiger partial charge in [0.15, 0.2) is 0 Å². The summed E-state index contributed by atoms with van der Waals surface area (Å²) in [6.07, 6.45) is 3.80. The van der Waals surface area contributed by atoms with E-state index < -0.39 is 10.1 Å². The van der Waals surface area contributed by atoms with Gasteiger partial charge in [0.05, 0.1) is 11.5 Å². The Kier molecular flexibility index (Phi) is 5.54. The van der Waals surface area contributed by atoms with E-state index in [1.54, 1.807) is 24.3 Å². The van der Waals surface area contributed by atoms with Gasteiger partial charge in [-0.25, -0.2) is 4.39 Å². The van der Waals surface area contributed by atoms with Crippen LogP contribution in [0.5, 0.6) is 0 Å². The van der Waals surface area contributed by atoms with Crippen LogP contribution < -0.4 is 0 Å². The van der Waals surface area contributed by atoms with Gasteiger partial charge >= 0.3 is 0 Å². The fraction of sp³-hybridized carbons (Fsp3) is 0.400. The van der Waals surface area contributed by atoms with E-state index in [1.807, 2.05) is 19.1 Å². The lowest BCUT2D eigenvalue weighted by atomic mass is 9.79. The van der Waals surface area contributed by atoms with Crippen LogP contribution in [-0.2, 0) is 14.3 Å². The van der Waals surface area contributed by atoms with Crippen molar-refractivity contribution in [2.75, 3.05) is 6.61 Å². The first-order valence-corrected chi connectivity index (χ1v) is 10.1. The van der Waals surface area contributed by atoms with Crippen LogP contribution in [0.2, 0.25) is 0 Å². The Morgan fingerprint density at radius 1 is 0.960 bits per heavy atom. The lowest BCUT2D eigenvalue weighted by Gasteiger charge is -2.28. The third-order valence-corrected chi connectivity index (χ3v) is 6.25. The van der Waals surface area contributed by atoms with Gasteiger partial charge in [0.2, 0.25) is 0 Å². The number of hydrogen-bond acceptors (Lipinski definition) is 3. The standard InChI is InChI=1S/C20H23FO3S/c1-15-2-12-20(13-3-15)25(22,23)24-14-16-4-6-17(7-5-16)18-8-10-19(21)11-9-18/h2-3,8-13,16-17H,4-7,14H2,1H3. The Balaban J connectivity index is 1.52. The topological polar surface area (TPSA) is 43.4 Å². The van der Waals surface area contributed by atoms with E-state index in [-0.39, 0.29) is 23.2 Å². The number of hydrogen-bond donors (Lipinski definition) is 0. The summed E-state index contributed by atoms with van der Waals surface area (Å²) in [5.74, 6) is 0.453. The molecule has 0 unspecified atom stereocenters. The highest BCUT2D eigenvalue weighted by molar-refractivity contribution is 7.86. The zero-order valence-corrected chi connectivity index (χ0v) is 15.1. The maximum atomic E-state index is 13.0. The van der Waals surface area contributed by atoms with Gasteiger partial charge in [0, 0.05) is 0 Å². The smallest absolute Gasteiger partial charge is 0.266 e. The molecule has 0 bridgehead atoms. The van der Waals surface area contributed by atoms with E-state index in [1.165, 1.54) is 12.1 Å². The summed E-state index contributed by atoms with van der Waals surface area (Å²) >= 11 is 0. The van der Waals surface area contributed by atoms with Gasteiger partial charge in [0.1, 0.15) is 5.82 Å². The van der Waals surface area contributed by atoms with Crippen LogP contribution in [0.4, 0.5) is 4.39 Å². The molecule has 0 spiro atoms. The Morgan fingerprint density at radius 3 is 2.16 bits per heavy atom. The fourth-order valence-electron chi connectivity index (χ4n) is 3.36. The molecule has 1 fully saturated rings. The number of aryl methyl sites for hydroxylation is 1. The Morgan fingerprint density at radius 2 is 1.56 bits per heavy atom. The van der Waals surface area contributed by atoms with Gasteiger partial charge in [-0.1, -0.05) is 29.8 Å². The van der Waals surface area contributed by atoms with Crippen molar-refractivity contribution in [3.8, 4) is 0 Å². The second kappa shape index (κ2) is 7.67. The lowest BCUT2D eigenvalue weighted by molar-refractivity contribution is 0.204. The molecule has 2 aromatic carbocycles. The molecule has 5 heteroatoms.